The summed E-state index contributed by atoms with van der Waals surface area (Å²) in [6.45, 7) is 4.81. The van der Waals surface area contributed by atoms with E-state index in [4.69, 9.17) is 5.11 Å². The molecule has 4 nitrogen and oxygen atoms in total. The third kappa shape index (κ3) is 3.94. The number of carbonyl (C=O) groups is 2. The molecule has 0 atom stereocenters. The Morgan fingerprint density at radius 3 is 2.73 bits per heavy atom. The van der Waals surface area contributed by atoms with Crippen LogP contribution in [0.2, 0.25) is 0 Å². The maximum atomic E-state index is 12.8. The van der Waals surface area contributed by atoms with Crippen molar-refractivity contribution in [3.63, 3.8) is 0 Å². The Labute approximate surface area is 162 Å². The average molecular weight is 420 g/mol. The molecule has 3 rings (SSSR count). The van der Waals surface area contributed by atoms with Crippen LogP contribution < -0.4 is 0 Å². The van der Waals surface area contributed by atoms with Crippen LogP contribution in [0.15, 0.2) is 22.7 Å². The Balaban J connectivity index is 1.87. The topological polar surface area (TPSA) is 59.3 Å². The molecule has 5 heteroatoms. The summed E-state index contributed by atoms with van der Waals surface area (Å²) in [5, 5.41) is 9.85. The van der Waals surface area contributed by atoms with Crippen molar-refractivity contribution in [1.82, 2.24) is 4.57 Å². The molecule has 26 heavy (non-hydrogen) atoms. The number of halogens is 1. The van der Waals surface area contributed by atoms with Crippen LogP contribution in [-0.4, -0.2) is 27.8 Å². The van der Waals surface area contributed by atoms with Gasteiger partial charge < -0.3 is 9.67 Å². The van der Waals surface area contributed by atoms with Gasteiger partial charge in [-0.15, -0.1) is 0 Å². The Morgan fingerprint density at radius 1 is 1.23 bits per heavy atom. The fraction of sp³-hybridized carbons (Fsp3) is 0.524. The van der Waals surface area contributed by atoms with Gasteiger partial charge in [0.2, 0.25) is 0 Å². The van der Waals surface area contributed by atoms with Gasteiger partial charge >= 0.3 is 0 Å². The molecule has 0 bridgehead atoms. The van der Waals surface area contributed by atoms with Crippen molar-refractivity contribution in [2.24, 2.45) is 5.41 Å². The summed E-state index contributed by atoms with van der Waals surface area (Å²) in [6, 6.07) is 6.17. The van der Waals surface area contributed by atoms with E-state index in [1.54, 1.807) is 0 Å². The van der Waals surface area contributed by atoms with E-state index in [0.29, 0.717) is 12.8 Å². The van der Waals surface area contributed by atoms with Crippen LogP contribution in [0.3, 0.4) is 0 Å². The highest BCUT2D eigenvalue weighted by Gasteiger charge is 2.35. The van der Waals surface area contributed by atoms with Crippen molar-refractivity contribution in [3.05, 3.63) is 33.9 Å². The standard InChI is InChI=1S/C21H26BrNO3/c1-21(2)11-18-20(19(26)12-21)16-10-14(22)7-8-17(16)23(18)9-5-3-4-6-15(25)13-24/h7-8,10,24H,3-6,9,11-13H2,1-2H3. The molecule has 0 amide bonds. The number of hydrogen-bond donors (Lipinski definition) is 1. The molecule has 0 fully saturated rings. The number of benzene rings is 1. The molecule has 0 aliphatic heterocycles. The predicted molar refractivity (Wildman–Crippen MR) is 107 cm³/mol. The van der Waals surface area contributed by atoms with E-state index in [-0.39, 0.29) is 23.6 Å². The van der Waals surface area contributed by atoms with Crippen LogP contribution in [0.5, 0.6) is 0 Å². The lowest BCUT2D eigenvalue weighted by Gasteiger charge is -2.29. The minimum atomic E-state index is -0.359. The van der Waals surface area contributed by atoms with Gasteiger partial charge in [-0.3, -0.25) is 9.59 Å². The second-order valence-corrected chi connectivity index (χ2v) is 9.00. The quantitative estimate of drug-likeness (QED) is 0.662. The molecule has 0 saturated heterocycles. The predicted octanol–water partition coefficient (Wildman–Crippen LogP) is 4.68. The van der Waals surface area contributed by atoms with Crippen LogP contribution in [-0.2, 0) is 17.8 Å². The summed E-state index contributed by atoms with van der Waals surface area (Å²) in [5.41, 5.74) is 3.17. The number of aromatic nitrogens is 1. The number of hydrogen-bond acceptors (Lipinski definition) is 3. The number of Topliss-reactive ketones (excluding diaryl/α,β-unsaturated/α-hetero) is 2. The molecule has 0 radical (unpaired) electrons. The number of carbonyl (C=O) groups excluding carboxylic acids is 2. The number of nitrogens with zero attached hydrogens (tertiary/aromatic N) is 1. The van der Waals surface area contributed by atoms with Crippen molar-refractivity contribution < 1.29 is 14.7 Å². The van der Waals surface area contributed by atoms with Gasteiger partial charge in [0.1, 0.15) is 6.61 Å². The molecule has 1 aliphatic carbocycles. The lowest BCUT2D eigenvalue weighted by atomic mass is 9.75. The van der Waals surface area contributed by atoms with Crippen LogP contribution in [0, 0.1) is 5.41 Å². The number of rotatable bonds is 7. The number of fused-ring (bicyclic) bond motifs is 3. The molecule has 0 unspecified atom stereocenters. The van der Waals surface area contributed by atoms with Gasteiger partial charge in [-0.25, -0.2) is 0 Å². The average Bonchev–Trinajstić information content (AvgIpc) is 2.85. The van der Waals surface area contributed by atoms with Gasteiger partial charge in [-0.1, -0.05) is 36.2 Å². The minimum absolute atomic E-state index is 0.0129. The van der Waals surface area contributed by atoms with Gasteiger partial charge in [-0.05, 0) is 42.9 Å². The molecule has 0 spiro atoms. The summed E-state index contributed by atoms with van der Waals surface area (Å²) in [4.78, 5) is 24.0. The summed E-state index contributed by atoms with van der Waals surface area (Å²) < 4.78 is 3.30. The maximum absolute atomic E-state index is 12.8. The molecular formula is C21H26BrNO3. The van der Waals surface area contributed by atoms with E-state index in [1.165, 1.54) is 0 Å². The first-order chi connectivity index (χ1) is 12.3. The maximum Gasteiger partial charge on any atom is 0.165 e. The molecule has 1 aliphatic rings. The fourth-order valence-electron chi connectivity index (χ4n) is 4.02. The highest BCUT2D eigenvalue weighted by atomic mass is 79.9. The molecule has 1 N–H and O–H groups in total. The van der Waals surface area contributed by atoms with Gasteiger partial charge in [-0.2, -0.15) is 0 Å². The molecule has 1 aromatic heterocycles. The molecule has 1 heterocycles. The first-order valence-electron chi connectivity index (χ1n) is 9.29. The highest BCUT2D eigenvalue weighted by molar-refractivity contribution is 9.10. The van der Waals surface area contributed by atoms with E-state index in [0.717, 1.165) is 58.9 Å². The SMILES string of the molecule is CC1(C)CC(=O)c2c(n(CCCCCC(=O)CO)c3ccc(Br)cc23)C1. The molecule has 140 valence electrons. The van der Waals surface area contributed by atoms with Gasteiger partial charge in [0.25, 0.3) is 0 Å². The monoisotopic (exact) mass is 419 g/mol. The van der Waals surface area contributed by atoms with Crippen molar-refractivity contribution in [3.8, 4) is 0 Å². The van der Waals surface area contributed by atoms with Crippen molar-refractivity contribution in [2.75, 3.05) is 6.61 Å². The van der Waals surface area contributed by atoms with E-state index >= 15 is 0 Å². The van der Waals surface area contributed by atoms with Crippen molar-refractivity contribution in [1.29, 1.82) is 0 Å². The normalized spacial score (nSPS) is 16.1. The third-order valence-corrected chi connectivity index (χ3v) is 5.70. The smallest absolute Gasteiger partial charge is 0.165 e. The second kappa shape index (κ2) is 7.65. The number of aryl methyl sites for hydroxylation is 1. The van der Waals surface area contributed by atoms with Crippen molar-refractivity contribution in [2.45, 2.75) is 58.9 Å². The second-order valence-electron chi connectivity index (χ2n) is 8.08. The minimum Gasteiger partial charge on any atom is -0.389 e. The van der Waals surface area contributed by atoms with Crippen molar-refractivity contribution >= 4 is 38.4 Å². The Morgan fingerprint density at radius 2 is 2.00 bits per heavy atom. The fourth-order valence-corrected chi connectivity index (χ4v) is 4.38. The molecule has 0 saturated carbocycles. The van der Waals surface area contributed by atoms with E-state index < -0.39 is 0 Å². The first kappa shape index (κ1) is 19.3. The Bertz CT molecular complexity index is 851. The van der Waals surface area contributed by atoms with E-state index in [1.807, 2.05) is 6.07 Å². The number of aliphatic hydroxyl groups is 1. The van der Waals surface area contributed by atoms with Crippen LogP contribution in [0.4, 0.5) is 0 Å². The third-order valence-electron chi connectivity index (χ3n) is 5.21. The van der Waals surface area contributed by atoms with E-state index in [9.17, 15) is 9.59 Å². The van der Waals surface area contributed by atoms with Gasteiger partial charge in [0.15, 0.2) is 11.6 Å². The zero-order valence-electron chi connectivity index (χ0n) is 15.5. The molecule has 2 aromatic rings. The summed E-state index contributed by atoms with van der Waals surface area (Å²) >= 11 is 3.53. The zero-order valence-corrected chi connectivity index (χ0v) is 17.1. The first-order valence-corrected chi connectivity index (χ1v) is 10.1. The molecule has 1 aromatic carbocycles. The van der Waals surface area contributed by atoms with Gasteiger partial charge in [0.05, 0.1) is 0 Å². The van der Waals surface area contributed by atoms with Gasteiger partial charge in [0, 0.05) is 46.0 Å². The van der Waals surface area contributed by atoms with Crippen LogP contribution >= 0.6 is 15.9 Å². The lowest BCUT2D eigenvalue weighted by molar-refractivity contribution is -0.121. The number of unbranched alkanes of at least 4 members (excludes halogenated alkanes) is 2. The lowest BCUT2D eigenvalue weighted by Crippen LogP contribution is -2.28. The Hall–Kier alpha value is -1.46. The summed E-state index contributed by atoms with van der Waals surface area (Å²) in [7, 11) is 0. The number of aliphatic hydroxyl groups excluding tert-OH is 1. The Kier molecular flexibility index (Phi) is 5.68. The number of ketones is 2. The van der Waals surface area contributed by atoms with Crippen LogP contribution in [0.1, 0.15) is 62.0 Å². The largest absolute Gasteiger partial charge is 0.389 e. The van der Waals surface area contributed by atoms with E-state index in [2.05, 4.69) is 46.5 Å². The van der Waals surface area contributed by atoms with Crippen LogP contribution in [0.25, 0.3) is 10.9 Å². The summed E-state index contributed by atoms with van der Waals surface area (Å²) in [6.07, 6.45) is 4.64. The molecular weight excluding hydrogens is 394 g/mol. The summed E-state index contributed by atoms with van der Waals surface area (Å²) in [5.74, 6) is 0.151. The zero-order chi connectivity index (χ0) is 18.9. The highest BCUT2D eigenvalue weighted by Crippen LogP contribution is 2.40.